The quantitative estimate of drug-likeness (QED) is 0.717. The molecule has 4 nitrogen and oxygen atoms in total. The van der Waals surface area contributed by atoms with Crippen LogP contribution in [0.4, 0.5) is 0 Å². The molecule has 4 heteroatoms. The highest BCUT2D eigenvalue weighted by atomic mass is 16.5. The maximum atomic E-state index is 5.46. The summed E-state index contributed by atoms with van der Waals surface area (Å²) < 4.78 is 7.39. The fourth-order valence-electron chi connectivity index (χ4n) is 2.05. The molecule has 1 atom stereocenters. The van der Waals surface area contributed by atoms with Crippen LogP contribution in [0.25, 0.3) is 0 Å². The summed E-state index contributed by atoms with van der Waals surface area (Å²) in [5, 5.41) is 7.86. The topological polar surface area (TPSA) is 39.1 Å². The summed E-state index contributed by atoms with van der Waals surface area (Å²) in [6, 6.07) is 0.317. The lowest BCUT2D eigenvalue weighted by Gasteiger charge is -2.24. The van der Waals surface area contributed by atoms with Crippen LogP contribution in [0.3, 0.4) is 0 Å². The number of nitrogens with one attached hydrogen (secondary N) is 1. The second-order valence-electron chi connectivity index (χ2n) is 3.79. The van der Waals surface area contributed by atoms with Crippen molar-refractivity contribution in [2.75, 3.05) is 19.8 Å². The van der Waals surface area contributed by atoms with E-state index < -0.39 is 0 Å². The molecule has 0 unspecified atom stereocenters. The number of hydrogen-bond donors (Lipinski definition) is 1. The van der Waals surface area contributed by atoms with Crippen molar-refractivity contribution in [1.29, 1.82) is 0 Å². The normalized spacial score (nSPS) is 22.6. The lowest BCUT2D eigenvalue weighted by Crippen LogP contribution is -2.35. The smallest absolute Gasteiger partial charge is 0.0663 e. The Balaban J connectivity index is 2.29. The van der Waals surface area contributed by atoms with Crippen LogP contribution in [0, 0.1) is 13.8 Å². The van der Waals surface area contributed by atoms with Crippen molar-refractivity contribution in [3.05, 3.63) is 17.0 Å². The number of rotatable bonds is 1. The van der Waals surface area contributed by atoms with Gasteiger partial charge in [-0.05, 0) is 13.8 Å². The highest BCUT2D eigenvalue weighted by Gasteiger charge is 2.21. The van der Waals surface area contributed by atoms with Crippen molar-refractivity contribution in [1.82, 2.24) is 15.1 Å². The summed E-state index contributed by atoms with van der Waals surface area (Å²) in [5.74, 6) is 0. The van der Waals surface area contributed by atoms with E-state index in [1.807, 2.05) is 11.7 Å². The van der Waals surface area contributed by atoms with Crippen molar-refractivity contribution >= 4 is 0 Å². The molecule has 78 valence electrons. The van der Waals surface area contributed by atoms with Crippen molar-refractivity contribution in [2.24, 2.45) is 7.05 Å². The van der Waals surface area contributed by atoms with E-state index in [1.165, 1.54) is 11.3 Å². The lowest BCUT2D eigenvalue weighted by molar-refractivity contribution is 0.0765. The first-order chi connectivity index (χ1) is 6.70. The molecular formula is C10H17N3O. The number of ether oxygens (including phenoxy) is 1. The van der Waals surface area contributed by atoms with Crippen molar-refractivity contribution < 1.29 is 4.74 Å². The minimum absolute atomic E-state index is 0.317. The first kappa shape index (κ1) is 9.68. The number of morpholine rings is 1. The van der Waals surface area contributed by atoms with Gasteiger partial charge in [0.2, 0.25) is 0 Å². The maximum Gasteiger partial charge on any atom is 0.0663 e. The summed E-state index contributed by atoms with van der Waals surface area (Å²) in [4.78, 5) is 0. The van der Waals surface area contributed by atoms with Gasteiger partial charge in [0.15, 0.2) is 0 Å². The fourth-order valence-corrected chi connectivity index (χ4v) is 2.05. The zero-order chi connectivity index (χ0) is 10.1. The van der Waals surface area contributed by atoms with E-state index in [2.05, 4.69) is 24.3 Å². The van der Waals surface area contributed by atoms with E-state index in [1.54, 1.807) is 0 Å². The first-order valence-electron chi connectivity index (χ1n) is 5.01. The van der Waals surface area contributed by atoms with Crippen LogP contribution >= 0.6 is 0 Å². The Morgan fingerprint density at radius 2 is 2.29 bits per heavy atom. The highest BCUT2D eigenvalue weighted by Crippen LogP contribution is 2.22. The molecule has 1 saturated heterocycles. The van der Waals surface area contributed by atoms with E-state index in [0.29, 0.717) is 6.04 Å². The number of nitrogens with zero attached hydrogens (tertiary/aromatic N) is 2. The summed E-state index contributed by atoms with van der Waals surface area (Å²) in [6.07, 6.45) is 0. The van der Waals surface area contributed by atoms with Gasteiger partial charge in [0.25, 0.3) is 0 Å². The number of aromatic nitrogens is 2. The Kier molecular flexibility index (Phi) is 2.56. The molecule has 1 aliphatic heterocycles. The zero-order valence-electron chi connectivity index (χ0n) is 9.00. The Hall–Kier alpha value is -0.870. The zero-order valence-corrected chi connectivity index (χ0v) is 9.00. The first-order valence-corrected chi connectivity index (χ1v) is 5.01. The van der Waals surface area contributed by atoms with Crippen LogP contribution in [-0.4, -0.2) is 29.5 Å². The largest absolute Gasteiger partial charge is 0.378 e. The molecule has 0 spiro atoms. The minimum Gasteiger partial charge on any atom is -0.378 e. The van der Waals surface area contributed by atoms with E-state index in [-0.39, 0.29) is 0 Å². The number of hydrogen-bond acceptors (Lipinski definition) is 3. The Labute approximate surface area is 84.3 Å². The molecule has 1 aromatic heterocycles. The Bertz CT molecular complexity index is 326. The second kappa shape index (κ2) is 3.71. The SMILES string of the molecule is Cc1nn(C)c(C)c1[C@@H]1COCCN1. The van der Waals surface area contributed by atoms with E-state index in [4.69, 9.17) is 4.74 Å². The molecule has 2 rings (SSSR count). The molecule has 0 radical (unpaired) electrons. The molecule has 1 N–H and O–H groups in total. The van der Waals surface area contributed by atoms with Crippen LogP contribution in [0.5, 0.6) is 0 Å². The van der Waals surface area contributed by atoms with Gasteiger partial charge in [0.05, 0.1) is 24.9 Å². The summed E-state index contributed by atoms with van der Waals surface area (Å²) in [6.45, 7) is 6.66. The predicted octanol–water partition coefficient (Wildman–Crippen LogP) is 0.698. The molecule has 2 heterocycles. The average molecular weight is 195 g/mol. The van der Waals surface area contributed by atoms with Crippen molar-refractivity contribution in [3.63, 3.8) is 0 Å². The van der Waals surface area contributed by atoms with Crippen LogP contribution < -0.4 is 5.32 Å². The van der Waals surface area contributed by atoms with Crippen molar-refractivity contribution in [3.8, 4) is 0 Å². The highest BCUT2D eigenvalue weighted by molar-refractivity contribution is 5.28. The van der Waals surface area contributed by atoms with Gasteiger partial charge in [-0.2, -0.15) is 5.10 Å². The van der Waals surface area contributed by atoms with Crippen LogP contribution in [0.1, 0.15) is 23.0 Å². The van der Waals surface area contributed by atoms with Gasteiger partial charge in [-0.15, -0.1) is 0 Å². The molecule has 0 bridgehead atoms. The monoisotopic (exact) mass is 195 g/mol. The molecule has 0 saturated carbocycles. The molecule has 0 aromatic carbocycles. The molecule has 0 amide bonds. The standard InChI is InChI=1S/C10H17N3O/c1-7-10(8(2)13(3)12-7)9-6-14-5-4-11-9/h9,11H,4-6H2,1-3H3/t9-/m0/s1. The van der Waals surface area contributed by atoms with Crippen molar-refractivity contribution in [2.45, 2.75) is 19.9 Å². The molecule has 14 heavy (non-hydrogen) atoms. The predicted molar refractivity (Wildman–Crippen MR) is 54.2 cm³/mol. The molecular weight excluding hydrogens is 178 g/mol. The van der Waals surface area contributed by atoms with E-state index in [9.17, 15) is 0 Å². The van der Waals surface area contributed by atoms with Gasteiger partial charge in [-0.25, -0.2) is 0 Å². The van der Waals surface area contributed by atoms with Crippen LogP contribution in [0.2, 0.25) is 0 Å². The third-order valence-electron chi connectivity index (χ3n) is 2.84. The van der Waals surface area contributed by atoms with E-state index >= 15 is 0 Å². The lowest BCUT2D eigenvalue weighted by atomic mass is 10.1. The average Bonchev–Trinajstić information content (AvgIpc) is 2.43. The Morgan fingerprint density at radius 3 is 2.79 bits per heavy atom. The van der Waals surface area contributed by atoms with Gasteiger partial charge >= 0.3 is 0 Å². The van der Waals surface area contributed by atoms with Gasteiger partial charge < -0.3 is 10.1 Å². The summed E-state index contributed by atoms with van der Waals surface area (Å²) in [7, 11) is 1.98. The van der Waals surface area contributed by atoms with Gasteiger partial charge in [0, 0.05) is 24.8 Å². The Morgan fingerprint density at radius 1 is 1.50 bits per heavy atom. The third kappa shape index (κ3) is 1.55. The fraction of sp³-hybridized carbons (Fsp3) is 0.700. The summed E-state index contributed by atoms with van der Waals surface area (Å²) >= 11 is 0. The van der Waals surface area contributed by atoms with Crippen LogP contribution in [-0.2, 0) is 11.8 Å². The molecule has 1 aliphatic rings. The molecule has 1 fully saturated rings. The molecule has 0 aliphatic carbocycles. The molecule has 1 aromatic rings. The van der Waals surface area contributed by atoms with Crippen LogP contribution in [0.15, 0.2) is 0 Å². The minimum atomic E-state index is 0.317. The summed E-state index contributed by atoms with van der Waals surface area (Å²) in [5.41, 5.74) is 3.63. The van der Waals surface area contributed by atoms with Gasteiger partial charge in [0.1, 0.15) is 0 Å². The second-order valence-corrected chi connectivity index (χ2v) is 3.79. The number of aryl methyl sites for hydroxylation is 2. The third-order valence-corrected chi connectivity index (χ3v) is 2.84. The maximum absolute atomic E-state index is 5.46. The van der Waals surface area contributed by atoms with E-state index in [0.717, 1.165) is 25.5 Å². The van der Waals surface area contributed by atoms with Gasteiger partial charge in [-0.3, -0.25) is 4.68 Å². The van der Waals surface area contributed by atoms with Gasteiger partial charge in [-0.1, -0.05) is 0 Å².